The quantitative estimate of drug-likeness (QED) is 0.835. The van der Waals surface area contributed by atoms with Gasteiger partial charge in [0.05, 0.1) is 0 Å². The zero-order valence-corrected chi connectivity index (χ0v) is 10.6. The molecule has 2 rings (SSSR count). The number of aliphatic hydroxyl groups excluding tert-OH is 1. The summed E-state index contributed by atoms with van der Waals surface area (Å²) in [6, 6.07) is 9.13. The number of likely N-dealkylation sites (tertiary alicyclic amines) is 1. The molecule has 0 saturated carbocycles. The summed E-state index contributed by atoms with van der Waals surface area (Å²) in [5, 5.41) is 10.1. The van der Waals surface area contributed by atoms with E-state index in [0.29, 0.717) is 24.6 Å². The zero-order valence-electron chi connectivity index (χ0n) is 10.6. The van der Waals surface area contributed by atoms with Gasteiger partial charge < -0.3 is 15.7 Å². The molecule has 0 aromatic heterocycles. The molecule has 4 nitrogen and oxygen atoms in total. The first-order chi connectivity index (χ1) is 8.59. The monoisotopic (exact) mass is 248 g/mol. The first kappa shape index (κ1) is 13.1. The van der Waals surface area contributed by atoms with Gasteiger partial charge in [-0.1, -0.05) is 30.3 Å². The zero-order chi connectivity index (χ0) is 13.1. The summed E-state index contributed by atoms with van der Waals surface area (Å²) in [7, 11) is 0. The van der Waals surface area contributed by atoms with E-state index in [2.05, 4.69) is 0 Å². The number of nitrogens with two attached hydrogens (primary N) is 1. The fraction of sp³-hybridized carbons (Fsp3) is 0.500. The fourth-order valence-electron chi connectivity index (χ4n) is 2.37. The molecule has 1 aliphatic heterocycles. The SMILES string of the molecule is CC(N)C1CCN(C(=O)C(O)c2ccccc2)C1. The van der Waals surface area contributed by atoms with Crippen molar-refractivity contribution in [3.8, 4) is 0 Å². The number of amides is 1. The van der Waals surface area contributed by atoms with Crippen LogP contribution in [0.2, 0.25) is 0 Å². The van der Waals surface area contributed by atoms with Crippen LogP contribution in [0, 0.1) is 5.92 Å². The molecule has 0 radical (unpaired) electrons. The van der Waals surface area contributed by atoms with Crippen LogP contribution >= 0.6 is 0 Å². The molecule has 3 N–H and O–H groups in total. The van der Waals surface area contributed by atoms with Crippen LogP contribution in [0.15, 0.2) is 30.3 Å². The Morgan fingerprint density at radius 3 is 2.67 bits per heavy atom. The lowest BCUT2D eigenvalue weighted by atomic mass is 10.0. The van der Waals surface area contributed by atoms with Gasteiger partial charge in [0, 0.05) is 19.1 Å². The summed E-state index contributed by atoms with van der Waals surface area (Å²) >= 11 is 0. The number of rotatable bonds is 3. The van der Waals surface area contributed by atoms with Gasteiger partial charge in [-0.25, -0.2) is 0 Å². The predicted octanol–water partition coefficient (Wildman–Crippen LogP) is 0.916. The first-order valence-electron chi connectivity index (χ1n) is 6.37. The van der Waals surface area contributed by atoms with E-state index in [9.17, 15) is 9.90 Å². The van der Waals surface area contributed by atoms with Gasteiger partial charge in [0.1, 0.15) is 0 Å². The van der Waals surface area contributed by atoms with Crippen LogP contribution in [0.1, 0.15) is 25.0 Å². The Bertz CT molecular complexity index is 406. The van der Waals surface area contributed by atoms with Gasteiger partial charge in [-0.3, -0.25) is 4.79 Å². The number of carbonyl (C=O) groups excluding carboxylic acids is 1. The van der Waals surface area contributed by atoms with Crippen LogP contribution in [-0.2, 0) is 4.79 Å². The van der Waals surface area contributed by atoms with Gasteiger partial charge in [-0.15, -0.1) is 0 Å². The molecule has 18 heavy (non-hydrogen) atoms. The van der Waals surface area contributed by atoms with Gasteiger partial charge >= 0.3 is 0 Å². The van der Waals surface area contributed by atoms with E-state index in [4.69, 9.17) is 5.73 Å². The molecular weight excluding hydrogens is 228 g/mol. The number of carbonyl (C=O) groups is 1. The minimum absolute atomic E-state index is 0.0941. The molecule has 1 saturated heterocycles. The van der Waals surface area contributed by atoms with Crippen molar-refractivity contribution in [2.75, 3.05) is 13.1 Å². The third kappa shape index (κ3) is 2.71. The average molecular weight is 248 g/mol. The lowest BCUT2D eigenvalue weighted by molar-refractivity contribution is -0.139. The molecule has 0 spiro atoms. The Labute approximate surface area is 107 Å². The van der Waals surface area contributed by atoms with E-state index < -0.39 is 6.10 Å². The van der Waals surface area contributed by atoms with Gasteiger partial charge in [-0.05, 0) is 24.8 Å². The van der Waals surface area contributed by atoms with Gasteiger partial charge in [-0.2, -0.15) is 0 Å². The fourth-order valence-corrected chi connectivity index (χ4v) is 2.37. The molecule has 1 aromatic carbocycles. The van der Waals surface area contributed by atoms with Crippen molar-refractivity contribution in [1.82, 2.24) is 4.90 Å². The number of hydrogen-bond donors (Lipinski definition) is 2. The standard InChI is InChI=1S/C14H20N2O2/c1-10(15)12-7-8-16(9-12)14(18)13(17)11-5-3-2-4-6-11/h2-6,10,12-13,17H,7-9,15H2,1H3. The van der Waals surface area contributed by atoms with Gasteiger partial charge in [0.15, 0.2) is 6.10 Å². The maximum Gasteiger partial charge on any atom is 0.256 e. The van der Waals surface area contributed by atoms with Crippen LogP contribution < -0.4 is 5.73 Å². The van der Waals surface area contributed by atoms with Gasteiger partial charge in [0.25, 0.3) is 5.91 Å². The van der Waals surface area contributed by atoms with Crippen molar-refractivity contribution in [2.24, 2.45) is 11.7 Å². The minimum atomic E-state index is -1.06. The lowest BCUT2D eigenvalue weighted by Crippen LogP contribution is -2.35. The highest BCUT2D eigenvalue weighted by Gasteiger charge is 2.31. The van der Waals surface area contributed by atoms with Gasteiger partial charge in [0.2, 0.25) is 0 Å². The van der Waals surface area contributed by atoms with E-state index in [1.54, 1.807) is 17.0 Å². The maximum atomic E-state index is 12.1. The second kappa shape index (κ2) is 5.50. The van der Waals surface area contributed by atoms with Crippen molar-refractivity contribution in [3.63, 3.8) is 0 Å². The largest absolute Gasteiger partial charge is 0.378 e. The molecule has 1 heterocycles. The number of benzene rings is 1. The summed E-state index contributed by atoms with van der Waals surface area (Å²) in [6.45, 7) is 3.31. The van der Waals surface area contributed by atoms with E-state index >= 15 is 0 Å². The number of hydrogen-bond acceptors (Lipinski definition) is 3. The van der Waals surface area contributed by atoms with Crippen molar-refractivity contribution < 1.29 is 9.90 Å². The van der Waals surface area contributed by atoms with Crippen molar-refractivity contribution in [1.29, 1.82) is 0 Å². The highest BCUT2D eigenvalue weighted by atomic mass is 16.3. The smallest absolute Gasteiger partial charge is 0.256 e. The summed E-state index contributed by atoms with van der Waals surface area (Å²) < 4.78 is 0. The first-order valence-corrected chi connectivity index (χ1v) is 6.37. The van der Waals surface area contributed by atoms with Crippen LogP contribution in [0.4, 0.5) is 0 Å². The summed E-state index contributed by atoms with van der Waals surface area (Å²) in [5.41, 5.74) is 6.49. The number of aliphatic hydroxyl groups is 1. The van der Waals surface area contributed by atoms with E-state index in [1.807, 2.05) is 25.1 Å². The lowest BCUT2D eigenvalue weighted by Gasteiger charge is -2.21. The molecule has 3 unspecified atom stereocenters. The highest BCUT2D eigenvalue weighted by molar-refractivity contribution is 5.82. The Morgan fingerprint density at radius 1 is 1.44 bits per heavy atom. The second-order valence-electron chi connectivity index (χ2n) is 5.01. The van der Waals surface area contributed by atoms with Crippen LogP contribution in [0.25, 0.3) is 0 Å². The van der Waals surface area contributed by atoms with E-state index in [0.717, 1.165) is 6.42 Å². The van der Waals surface area contributed by atoms with E-state index in [-0.39, 0.29) is 11.9 Å². The topological polar surface area (TPSA) is 66.6 Å². The third-order valence-corrected chi connectivity index (χ3v) is 3.63. The predicted molar refractivity (Wildman–Crippen MR) is 69.7 cm³/mol. The molecule has 3 atom stereocenters. The maximum absolute atomic E-state index is 12.1. The van der Waals surface area contributed by atoms with Crippen molar-refractivity contribution in [3.05, 3.63) is 35.9 Å². The Hall–Kier alpha value is -1.39. The highest BCUT2D eigenvalue weighted by Crippen LogP contribution is 2.23. The van der Waals surface area contributed by atoms with Crippen LogP contribution in [0.5, 0.6) is 0 Å². The third-order valence-electron chi connectivity index (χ3n) is 3.63. The summed E-state index contributed by atoms with van der Waals surface area (Å²) in [4.78, 5) is 13.9. The summed E-state index contributed by atoms with van der Waals surface area (Å²) in [5.74, 6) is 0.126. The van der Waals surface area contributed by atoms with Crippen LogP contribution in [0.3, 0.4) is 0 Å². The molecule has 1 aliphatic rings. The Kier molecular flexibility index (Phi) is 3.99. The molecule has 1 fully saturated rings. The van der Waals surface area contributed by atoms with E-state index in [1.165, 1.54) is 0 Å². The summed E-state index contributed by atoms with van der Waals surface area (Å²) in [6.07, 6.45) is -0.136. The van der Waals surface area contributed by atoms with Crippen molar-refractivity contribution in [2.45, 2.75) is 25.5 Å². The van der Waals surface area contributed by atoms with Crippen LogP contribution in [-0.4, -0.2) is 35.0 Å². The molecule has 1 aromatic rings. The normalized spacial score (nSPS) is 22.8. The minimum Gasteiger partial charge on any atom is -0.378 e. The molecule has 4 heteroatoms. The Balaban J connectivity index is 2.00. The molecule has 1 amide bonds. The Morgan fingerprint density at radius 2 is 2.11 bits per heavy atom. The average Bonchev–Trinajstić information content (AvgIpc) is 2.88. The van der Waals surface area contributed by atoms with Crippen molar-refractivity contribution >= 4 is 5.91 Å². The second-order valence-corrected chi connectivity index (χ2v) is 5.01. The molecule has 0 bridgehead atoms. The molecular formula is C14H20N2O2. The number of nitrogens with zero attached hydrogens (tertiary/aromatic N) is 1. The molecule has 0 aliphatic carbocycles. The molecule has 98 valence electrons.